The van der Waals surface area contributed by atoms with Crippen LogP contribution in [0.5, 0.6) is 0 Å². The maximum Gasteiger partial charge on any atom is 0.307 e. The van der Waals surface area contributed by atoms with E-state index < -0.39 is 42.4 Å². The number of halogens is 3. The van der Waals surface area contributed by atoms with Gasteiger partial charge in [0.2, 0.25) is 5.95 Å². The number of nitrogens with zero attached hydrogens (tertiary/aromatic N) is 1. The molecular weight excluding hydrogens is 225 g/mol. The van der Waals surface area contributed by atoms with Crippen molar-refractivity contribution in [2.75, 3.05) is 0 Å². The third kappa shape index (κ3) is 2.48. The summed E-state index contributed by atoms with van der Waals surface area (Å²) >= 11 is 0. The number of hydrogen-bond acceptors (Lipinski definition) is 3. The lowest BCUT2D eigenvalue weighted by atomic mass is 10.0. The van der Waals surface area contributed by atoms with Gasteiger partial charge in [0.1, 0.15) is 0 Å². The third-order valence-corrected chi connectivity index (χ3v) is 2.02. The van der Waals surface area contributed by atoms with Crippen LogP contribution in [0.25, 0.3) is 0 Å². The fourth-order valence-corrected chi connectivity index (χ4v) is 1.36. The van der Waals surface area contributed by atoms with E-state index in [1.165, 1.54) is 0 Å². The van der Waals surface area contributed by atoms with Gasteiger partial charge >= 0.3 is 5.97 Å². The van der Waals surface area contributed by atoms with Gasteiger partial charge in [0.15, 0.2) is 0 Å². The van der Waals surface area contributed by atoms with E-state index >= 15 is 0 Å². The summed E-state index contributed by atoms with van der Waals surface area (Å²) in [5.74, 6) is -2.38. The molecule has 0 atom stereocenters. The van der Waals surface area contributed by atoms with Crippen molar-refractivity contribution in [3.05, 3.63) is 28.8 Å². The number of nitrogens with two attached hydrogens (primary N) is 1. The number of carbonyl (C=O) groups is 1. The average Bonchev–Trinajstić information content (AvgIpc) is 2.18. The molecular formula is C9H9F3N2O2. The molecule has 7 heteroatoms. The molecule has 1 heterocycles. The molecule has 0 saturated carbocycles. The Morgan fingerprint density at radius 2 is 2.19 bits per heavy atom. The van der Waals surface area contributed by atoms with Crippen LogP contribution in [0.4, 0.5) is 13.2 Å². The Kier molecular flexibility index (Phi) is 3.83. The first kappa shape index (κ1) is 12.4. The van der Waals surface area contributed by atoms with Crippen molar-refractivity contribution in [1.29, 1.82) is 0 Å². The SMILES string of the molecule is NCc1c(F)ncc(CC(=O)O)c1C(F)F. The van der Waals surface area contributed by atoms with Crippen molar-refractivity contribution < 1.29 is 23.1 Å². The number of pyridine rings is 1. The molecule has 0 saturated heterocycles. The maximum absolute atomic E-state index is 13.1. The third-order valence-electron chi connectivity index (χ3n) is 2.02. The van der Waals surface area contributed by atoms with Crippen LogP contribution in [0.15, 0.2) is 6.20 Å². The molecule has 0 radical (unpaired) electrons. The van der Waals surface area contributed by atoms with Crippen LogP contribution in [0.3, 0.4) is 0 Å². The van der Waals surface area contributed by atoms with Crippen LogP contribution in [-0.4, -0.2) is 16.1 Å². The highest BCUT2D eigenvalue weighted by Gasteiger charge is 2.22. The molecule has 1 aromatic heterocycles. The standard InChI is InChI=1S/C9H9F3N2O2/c10-8(11)7-4(1-6(15)16)3-14-9(12)5(7)2-13/h3,8H,1-2,13H2,(H,15,16). The molecule has 1 rings (SSSR count). The number of alkyl halides is 2. The predicted octanol–water partition coefficient (Wildman–Crippen LogP) is 1.24. The number of aliphatic carboxylic acids is 1. The van der Waals surface area contributed by atoms with Crippen molar-refractivity contribution in [3.63, 3.8) is 0 Å². The van der Waals surface area contributed by atoms with Crippen LogP contribution in [0.2, 0.25) is 0 Å². The molecule has 0 aliphatic heterocycles. The molecule has 0 spiro atoms. The molecule has 16 heavy (non-hydrogen) atoms. The van der Waals surface area contributed by atoms with Gasteiger partial charge in [0, 0.05) is 23.9 Å². The summed E-state index contributed by atoms with van der Waals surface area (Å²) < 4.78 is 38.4. The second-order valence-corrected chi connectivity index (χ2v) is 3.04. The minimum absolute atomic E-state index is 0.218. The molecule has 0 amide bonds. The minimum Gasteiger partial charge on any atom is -0.481 e. The first-order chi connectivity index (χ1) is 7.47. The van der Waals surface area contributed by atoms with Crippen LogP contribution < -0.4 is 5.73 Å². The van der Waals surface area contributed by atoms with Crippen molar-refractivity contribution >= 4 is 5.97 Å². The average molecular weight is 234 g/mol. The molecule has 0 fully saturated rings. The lowest BCUT2D eigenvalue weighted by Gasteiger charge is -2.11. The first-order valence-electron chi connectivity index (χ1n) is 4.33. The van der Waals surface area contributed by atoms with Crippen molar-refractivity contribution in [3.8, 4) is 0 Å². The van der Waals surface area contributed by atoms with Gasteiger partial charge in [-0.15, -0.1) is 0 Å². The zero-order valence-corrected chi connectivity index (χ0v) is 8.08. The number of rotatable bonds is 4. The second-order valence-electron chi connectivity index (χ2n) is 3.04. The molecule has 1 aromatic rings. The summed E-state index contributed by atoms with van der Waals surface area (Å²) in [6, 6.07) is 0. The lowest BCUT2D eigenvalue weighted by Crippen LogP contribution is -2.12. The Bertz CT molecular complexity index is 410. The number of aromatic nitrogens is 1. The second kappa shape index (κ2) is 4.93. The number of carboxylic acid groups (broad SMARTS) is 1. The van der Waals surface area contributed by atoms with Gasteiger partial charge in [0.25, 0.3) is 6.43 Å². The topological polar surface area (TPSA) is 76.2 Å². The Hall–Kier alpha value is -1.63. The fourth-order valence-electron chi connectivity index (χ4n) is 1.36. The van der Waals surface area contributed by atoms with Gasteiger partial charge in [-0.05, 0) is 5.56 Å². The molecule has 0 aliphatic carbocycles. The maximum atomic E-state index is 13.1. The normalized spacial score (nSPS) is 10.8. The van der Waals surface area contributed by atoms with Gasteiger partial charge in [-0.1, -0.05) is 0 Å². The van der Waals surface area contributed by atoms with Crippen molar-refractivity contribution in [2.45, 2.75) is 19.4 Å². The summed E-state index contributed by atoms with van der Waals surface area (Å²) in [6.45, 7) is -0.452. The van der Waals surface area contributed by atoms with Crippen LogP contribution in [0, 0.1) is 5.95 Å². The minimum atomic E-state index is -2.98. The molecule has 3 N–H and O–H groups in total. The summed E-state index contributed by atoms with van der Waals surface area (Å²) in [6.07, 6.45) is -2.82. The van der Waals surface area contributed by atoms with Crippen molar-refractivity contribution in [2.24, 2.45) is 5.73 Å². The van der Waals surface area contributed by atoms with E-state index in [-0.39, 0.29) is 5.56 Å². The largest absolute Gasteiger partial charge is 0.481 e. The summed E-state index contributed by atoms with van der Waals surface area (Å²) in [7, 11) is 0. The van der Waals surface area contributed by atoms with Gasteiger partial charge in [0.05, 0.1) is 6.42 Å². The van der Waals surface area contributed by atoms with Crippen LogP contribution >= 0.6 is 0 Å². The lowest BCUT2D eigenvalue weighted by molar-refractivity contribution is -0.136. The van der Waals surface area contributed by atoms with Crippen LogP contribution in [-0.2, 0) is 17.8 Å². The van der Waals surface area contributed by atoms with Gasteiger partial charge in [-0.2, -0.15) is 4.39 Å². The number of hydrogen-bond donors (Lipinski definition) is 2. The predicted molar refractivity (Wildman–Crippen MR) is 48.4 cm³/mol. The molecule has 0 aromatic carbocycles. The van der Waals surface area contributed by atoms with E-state index in [0.29, 0.717) is 0 Å². The molecule has 4 nitrogen and oxygen atoms in total. The Labute approximate surface area is 88.9 Å². The number of carboxylic acids is 1. The monoisotopic (exact) mass is 234 g/mol. The Morgan fingerprint density at radius 3 is 2.62 bits per heavy atom. The first-order valence-corrected chi connectivity index (χ1v) is 4.33. The van der Waals surface area contributed by atoms with Gasteiger partial charge in [-0.3, -0.25) is 4.79 Å². The fraction of sp³-hybridized carbons (Fsp3) is 0.333. The summed E-state index contributed by atoms with van der Waals surface area (Å²) in [4.78, 5) is 13.6. The zero-order chi connectivity index (χ0) is 12.3. The van der Waals surface area contributed by atoms with Gasteiger partial charge in [-0.25, -0.2) is 13.8 Å². The molecule has 0 unspecified atom stereocenters. The molecule has 88 valence electrons. The van der Waals surface area contributed by atoms with E-state index in [1.54, 1.807) is 0 Å². The van der Waals surface area contributed by atoms with E-state index in [0.717, 1.165) is 6.20 Å². The molecule has 0 aliphatic rings. The zero-order valence-electron chi connectivity index (χ0n) is 8.08. The van der Waals surface area contributed by atoms with E-state index in [9.17, 15) is 18.0 Å². The van der Waals surface area contributed by atoms with E-state index in [4.69, 9.17) is 10.8 Å². The summed E-state index contributed by atoms with van der Waals surface area (Å²) in [5.41, 5.74) is 3.80. The van der Waals surface area contributed by atoms with E-state index in [2.05, 4.69) is 4.98 Å². The van der Waals surface area contributed by atoms with Crippen LogP contribution in [0.1, 0.15) is 23.1 Å². The van der Waals surface area contributed by atoms with Gasteiger partial charge < -0.3 is 10.8 Å². The highest BCUT2D eigenvalue weighted by atomic mass is 19.3. The highest BCUT2D eigenvalue weighted by Crippen LogP contribution is 2.27. The Balaban J connectivity index is 3.32. The van der Waals surface area contributed by atoms with Crippen molar-refractivity contribution in [1.82, 2.24) is 4.98 Å². The smallest absolute Gasteiger partial charge is 0.307 e. The highest BCUT2D eigenvalue weighted by molar-refractivity contribution is 5.70. The quantitative estimate of drug-likeness (QED) is 0.768. The summed E-state index contributed by atoms with van der Waals surface area (Å²) in [5, 5.41) is 8.51. The van der Waals surface area contributed by atoms with E-state index in [1.807, 2.05) is 0 Å². The Morgan fingerprint density at radius 1 is 1.56 bits per heavy atom. The molecule has 0 bridgehead atoms.